The summed E-state index contributed by atoms with van der Waals surface area (Å²) in [7, 11) is 0. The number of hydrogen-bond donors (Lipinski definition) is 0. The summed E-state index contributed by atoms with van der Waals surface area (Å²) in [5.41, 5.74) is 0. The van der Waals surface area contributed by atoms with Crippen LogP contribution in [-0.2, 0) is 0 Å². The van der Waals surface area contributed by atoms with E-state index in [0.29, 0.717) is 5.38 Å². The number of halogens is 1. The van der Waals surface area contributed by atoms with E-state index in [-0.39, 0.29) is 0 Å². The van der Waals surface area contributed by atoms with Gasteiger partial charge in [0, 0.05) is 30.0 Å². The Bertz CT molecular complexity index is 327. The second-order valence-corrected chi connectivity index (χ2v) is 6.14. The third kappa shape index (κ3) is 1.87. The summed E-state index contributed by atoms with van der Waals surface area (Å²) in [6.45, 7) is 2.36. The van der Waals surface area contributed by atoms with Crippen LogP contribution in [0.15, 0.2) is 11.6 Å². The van der Waals surface area contributed by atoms with Gasteiger partial charge in [-0.05, 0) is 31.1 Å². The molecule has 2 fully saturated rings. The van der Waals surface area contributed by atoms with Gasteiger partial charge in [0.05, 0.1) is 0 Å². The van der Waals surface area contributed by atoms with Crippen molar-refractivity contribution >= 4 is 28.1 Å². The van der Waals surface area contributed by atoms with E-state index in [4.69, 9.17) is 11.6 Å². The summed E-state index contributed by atoms with van der Waals surface area (Å²) in [5, 5.41) is 3.67. The lowest BCUT2D eigenvalue weighted by Crippen LogP contribution is -2.23. The van der Waals surface area contributed by atoms with Gasteiger partial charge in [0.15, 0.2) is 5.13 Å². The van der Waals surface area contributed by atoms with Crippen molar-refractivity contribution in [3.63, 3.8) is 0 Å². The first-order valence-corrected chi connectivity index (χ1v) is 6.93. The predicted molar refractivity (Wildman–Crippen MR) is 64.8 cm³/mol. The van der Waals surface area contributed by atoms with Crippen molar-refractivity contribution in [1.82, 2.24) is 4.98 Å². The molecule has 3 unspecified atom stereocenters. The first-order valence-electron chi connectivity index (χ1n) is 5.61. The molecule has 1 saturated heterocycles. The first-order chi connectivity index (χ1) is 7.33. The zero-order valence-electron chi connectivity index (χ0n) is 8.60. The summed E-state index contributed by atoms with van der Waals surface area (Å²) < 4.78 is 0. The van der Waals surface area contributed by atoms with E-state index in [1.165, 1.54) is 37.5 Å². The van der Waals surface area contributed by atoms with Gasteiger partial charge in [0.25, 0.3) is 0 Å². The predicted octanol–water partition coefficient (Wildman–Crippen LogP) is 2.99. The molecular formula is C11H15ClN2S. The summed E-state index contributed by atoms with van der Waals surface area (Å²) in [4.78, 5) is 6.83. The van der Waals surface area contributed by atoms with Gasteiger partial charge < -0.3 is 4.90 Å². The lowest BCUT2D eigenvalue weighted by atomic mass is 9.82. The zero-order valence-corrected chi connectivity index (χ0v) is 10.2. The van der Waals surface area contributed by atoms with E-state index >= 15 is 0 Å². The highest BCUT2D eigenvalue weighted by molar-refractivity contribution is 7.13. The number of anilines is 1. The lowest BCUT2D eigenvalue weighted by Gasteiger charge is -2.26. The monoisotopic (exact) mass is 242 g/mol. The fourth-order valence-electron chi connectivity index (χ4n) is 2.90. The third-order valence-corrected chi connectivity index (χ3v) is 4.90. The van der Waals surface area contributed by atoms with Gasteiger partial charge in [-0.15, -0.1) is 22.9 Å². The van der Waals surface area contributed by atoms with Crippen molar-refractivity contribution < 1.29 is 0 Å². The molecule has 0 aromatic carbocycles. The average Bonchev–Trinajstić information content (AvgIpc) is 2.84. The molecule has 3 rings (SSSR count). The highest BCUT2D eigenvalue weighted by Crippen LogP contribution is 2.39. The van der Waals surface area contributed by atoms with Gasteiger partial charge in [-0.2, -0.15) is 0 Å². The van der Waals surface area contributed by atoms with E-state index in [1.807, 2.05) is 6.20 Å². The van der Waals surface area contributed by atoms with E-state index in [2.05, 4.69) is 15.3 Å². The smallest absolute Gasteiger partial charge is 0.185 e. The SMILES string of the molecule is ClC1CCC2CN(c3nccs3)CC2C1. The zero-order chi connectivity index (χ0) is 10.3. The molecule has 2 nitrogen and oxygen atoms in total. The summed E-state index contributed by atoms with van der Waals surface area (Å²) >= 11 is 7.97. The fraction of sp³-hybridized carbons (Fsp3) is 0.727. The van der Waals surface area contributed by atoms with Crippen LogP contribution in [0, 0.1) is 11.8 Å². The van der Waals surface area contributed by atoms with Crippen LogP contribution in [0.5, 0.6) is 0 Å². The Morgan fingerprint density at radius 1 is 1.33 bits per heavy atom. The Labute approximate surface area is 99.3 Å². The molecule has 4 heteroatoms. The number of rotatable bonds is 1. The van der Waals surface area contributed by atoms with Crippen LogP contribution < -0.4 is 4.90 Å². The van der Waals surface area contributed by atoms with Gasteiger partial charge >= 0.3 is 0 Å². The summed E-state index contributed by atoms with van der Waals surface area (Å²) in [6, 6.07) is 0. The molecule has 2 aliphatic rings. The molecule has 0 radical (unpaired) electrons. The molecule has 3 atom stereocenters. The topological polar surface area (TPSA) is 16.1 Å². The maximum Gasteiger partial charge on any atom is 0.185 e. The molecule has 82 valence electrons. The van der Waals surface area contributed by atoms with Crippen LogP contribution >= 0.6 is 22.9 Å². The van der Waals surface area contributed by atoms with E-state index in [0.717, 1.165) is 11.8 Å². The molecule has 1 saturated carbocycles. The van der Waals surface area contributed by atoms with E-state index < -0.39 is 0 Å². The van der Waals surface area contributed by atoms with Crippen LogP contribution in [0.25, 0.3) is 0 Å². The molecule has 1 aromatic heterocycles. The molecule has 0 N–H and O–H groups in total. The van der Waals surface area contributed by atoms with Gasteiger partial charge in [-0.1, -0.05) is 0 Å². The standard InChI is InChI=1S/C11H15ClN2S/c12-10-2-1-8-6-14(7-9(8)5-10)11-13-3-4-15-11/h3-4,8-10H,1-2,5-7H2. The molecule has 0 amide bonds. The average molecular weight is 243 g/mol. The normalized spacial score (nSPS) is 35.5. The number of fused-ring (bicyclic) bond motifs is 1. The van der Waals surface area contributed by atoms with Crippen LogP contribution in [0.2, 0.25) is 0 Å². The van der Waals surface area contributed by atoms with Gasteiger partial charge in [0.1, 0.15) is 0 Å². The van der Waals surface area contributed by atoms with Gasteiger partial charge in [0.2, 0.25) is 0 Å². The molecular weight excluding hydrogens is 228 g/mol. The number of aromatic nitrogens is 1. The second kappa shape index (κ2) is 3.95. The summed E-state index contributed by atoms with van der Waals surface area (Å²) in [5.74, 6) is 1.68. The Morgan fingerprint density at radius 3 is 3.00 bits per heavy atom. The van der Waals surface area contributed by atoms with Crippen LogP contribution in [-0.4, -0.2) is 23.5 Å². The van der Waals surface area contributed by atoms with Crippen molar-refractivity contribution in [2.75, 3.05) is 18.0 Å². The quantitative estimate of drug-likeness (QED) is 0.704. The van der Waals surface area contributed by atoms with Crippen molar-refractivity contribution in [2.24, 2.45) is 11.8 Å². The number of thiazole rings is 1. The van der Waals surface area contributed by atoms with Crippen LogP contribution in [0.1, 0.15) is 19.3 Å². The third-order valence-electron chi connectivity index (χ3n) is 3.68. The molecule has 1 aromatic rings. The lowest BCUT2D eigenvalue weighted by molar-refractivity contribution is 0.304. The number of alkyl halides is 1. The Hall–Kier alpha value is -0.280. The minimum atomic E-state index is 0.419. The Kier molecular flexibility index (Phi) is 2.61. The minimum Gasteiger partial charge on any atom is -0.348 e. The second-order valence-electron chi connectivity index (χ2n) is 4.65. The number of hydrogen-bond acceptors (Lipinski definition) is 3. The Morgan fingerprint density at radius 2 is 2.20 bits per heavy atom. The molecule has 0 spiro atoms. The molecule has 2 heterocycles. The van der Waals surface area contributed by atoms with Crippen molar-refractivity contribution in [2.45, 2.75) is 24.6 Å². The maximum atomic E-state index is 6.22. The molecule has 1 aliphatic carbocycles. The van der Waals surface area contributed by atoms with Crippen molar-refractivity contribution in [1.29, 1.82) is 0 Å². The highest BCUT2D eigenvalue weighted by atomic mass is 35.5. The van der Waals surface area contributed by atoms with E-state index in [9.17, 15) is 0 Å². The van der Waals surface area contributed by atoms with Crippen LogP contribution in [0.4, 0.5) is 5.13 Å². The Balaban J connectivity index is 1.72. The van der Waals surface area contributed by atoms with Crippen LogP contribution in [0.3, 0.4) is 0 Å². The molecule has 0 bridgehead atoms. The first kappa shape index (κ1) is 9.91. The summed E-state index contributed by atoms with van der Waals surface area (Å²) in [6.07, 6.45) is 5.61. The number of nitrogens with zero attached hydrogens (tertiary/aromatic N) is 2. The highest BCUT2D eigenvalue weighted by Gasteiger charge is 2.37. The van der Waals surface area contributed by atoms with E-state index in [1.54, 1.807) is 11.3 Å². The van der Waals surface area contributed by atoms with Gasteiger partial charge in [-0.25, -0.2) is 4.98 Å². The van der Waals surface area contributed by atoms with Crippen molar-refractivity contribution in [3.8, 4) is 0 Å². The van der Waals surface area contributed by atoms with Crippen molar-refractivity contribution in [3.05, 3.63) is 11.6 Å². The fourth-order valence-corrected chi connectivity index (χ4v) is 3.92. The molecule has 1 aliphatic heterocycles. The van der Waals surface area contributed by atoms with Gasteiger partial charge in [-0.3, -0.25) is 0 Å². The maximum absolute atomic E-state index is 6.22. The largest absolute Gasteiger partial charge is 0.348 e. The minimum absolute atomic E-state index is 0.419. The molecule has 15 heavy (non-hydrogen) atoms.